The van der Waals surface area contributed by atoms with Gasteiger partial charge >= 0.3 is 5.97 Å². The van der Waals surface area contributed by atoms with Gasteiger partial charge in [-0.3, -0.25) is 14.4 Å². The predicted octanol–water partition coefficient (Wildman–Crippen LogP) is 3.16. The van der Waals surface area contributed by atoms with Crippen molar-refractivity contribution in [1.29, 1.82) is 0 Å². The van der Waals surface area contributed by atoms with Crippen molar-refractivity contribution in [2.24, 2.45) is 11.8 Å². The molecule has 6 heteroatoms. The van der Waals surface area contributed by atoms with E-state index in [2.05, 4.69) is 5.32 Å². The molecule has 1 aliphatic carbocycles. The molecule has 1 aromatic carbocycles. The summed E-state index contributed by atoms with van der Waals surface area (Å²) in [6, 6.07) is 6.74. The van der Waals surface area contributed by atoms with Crippen LogP contribution in [0.15, 0.2) is 24.3 Å². The molecule has 1 N–H and O–H groups in total. The molecule has 0 bridgehead atoms. The highest BCUT2D eigenvalue weighted by Gasteiger charge is 2.26. The number of carbonyl (C=O) groups is 3. The molecule has 0 radical (unpaired) electrons. The molecule has 152 valence electrons. The van der Waals surface area contributed by atoms with Crippen LogP contribution in [0.25, 0.3) is 0 Å². The number of benzene rings is 1. The standard InChI is InChI=1S/C22H30N2O4/c1-16(25)28-20-9-5-8-19(14-20)22(27)24-12-10-17(11-13-24)15-23-21(26)18-6-3-2-4-7-18/h5,8-9,14,17-18H,2-4,6-7,10-13,15H2,1H3,(H,23,26). The van der Waals surface area contributed by atoms with E-state index in [1.165, 1.54) is 13.3 Å². The Kier molecular flexibility index (Phi) is 7.06. The van der Waals surface area contributed by atoms with E-state index in [0.717, 1.165) is 38.5 Å². The van der Waals surface area contributed by atoms with Crippen LogP contribution in [0.2, 0.25) is 0 Å². The molecule has 6 nitrogen and oxygen atoms in total. The Morgan fingerprint density at radius 3 is 2.46 bits per heavy atom. The lowest BCUT2D eigenvalue weighted by molar-refractivity contribution is -0.132. The number of piperidine rings is 1. The van der Waals surface area contributed by atoms with Gasteiger partial charge in [-0.1, -0.05) is 25.3 Å². The number of nitrogens with one attached hydrogen (secondary N) is 1. The number of nitrogens with zero attached hydrogens (tertiary/aromatic N) is 1. The predicted molar refractivity (Wildman–Crippen MR) is 106 cm³/mol. The van der Waals surface area contributed by atoms with Crippen LogP contribution >= 0.6 is 0 Å². The summed E-state index contributed by atoms with van der Waals surface area (Å²) in [5, 5.41) is 3.13. The molecule has 28 heavy (non-hydrogen) atoms. The summed E-state index contributed by atoms with van der Waals surface area (Å²) in [4.78, 5) is 38.0. The number of hydrogen-bond acceptors (Lipinski definition) is 4. The lowest BCUT2D eigenvalue weighted by Gasteiger charge is -2.32. The zero-order chi connectivity index (χ0) is 19.9. The molecule has 0 spiro atoms. The summed E-state index contributed by atoms with van der Waals surface area (Å²) < 4.78 is 5.06. The third-order valence-electron chi connectivity index (χ3n) is 5.79. The van der Waals surface area contributed by atoms with Gasteiger partial charge in [0.05, 0.1) is 0 Å². The van der Waals surface area contributed by atoms with Crippen molar-refractivity contribution >= 4 is 17.8 Å². The number of likely N-dealkylation sites (tertiary alicyclic amines) is 1. The first kappa shape index (κ1) is 20.4. The summed E-state index contributed by atoms with van der Waals surface area (Å²) >= 11 is 0. The van der Waals surface area contributed by atoms with Crippen molar-refractivity contribution in [2.75, 3.05) is 19.6 Å². The van der Waals surface area contributed by atoms with Gasteiger partial charge in [0.1, 0.15) is 5.75 Å². The molecule has 1 aliphatic heterocycles. The van der Waals surface area contributed by atoms with E-state index in [0.29, 0.717) is 36.9 Å². The molecule has 2 aliphatic rings. The molecule has 1 heterocycles. The van der Waals surface area contributed by atoms with Gasteiger partial charge < -0.3 is 15.0 Å². The Bertz CT molecular complexity index is 704. The van der Waals surface area contributed by atoms with Gasteiger partial charge in [-0.05, 0) is 49.8 Å². The monoisotopic (exact) mass is 386 g/mol. The van der Waals surface area contributed by atoms with Gasteiger partial charge in [0.25, 0.3) is 5.91 Å². The van der Waals surface area contributed by atoms with Crippen molar-refractivity contribution in [1.82, 2.24) is 10.2 Å². The first-order valence-electron chi connectivity index (χ1n) is 10.4. The van der Waals surface area contributed by atoms with Crippen LogP contribution in [0.3, 0.4) is 0 Å². The fourth-order valence-corrected chi connectivity index (χ4v) is 4.14. The van der Waals surface area contributed by atoms with Crippen molar-refractivity contribution in [2.45, 2.75) is 51.9 Å². The van der Waals surface area contributed by atoms with Crippen LogP contribution in [0.5, 0.6) is 5.75 Å². The highest BCUT2D eigenvalue weighted by atomic mass is 16.5. The Labute approximate surface area is 166 Å². The zero-order valence-electron chi connectivity index (χ0n) is 16.6. The quantitative estimate of drug-likeness (QED) is 0.623. The molecule has 2 fully saturated rings. The van der Waals surface area contributed by atoms with Gasteiger partial charge in [0.15, 0.2) is 0 Å². The minimum Gasteiger partial charge on any atom is -0.427 e. The maximum Gasteiger partial charge on any atom is 0.308 e. The van der Waals surface area contributed by atoms with E-state index < -0.39 is 5.97 Å². The second-order valence-corrected chi connectivity index (χ2v) is 7.94. The van der Waals surface area contributed by atoms with Crippen LogP contribution in [-0.2, 0) is 9.59 Å². The number of hydrogen-bond donors (Lipinski definition) is 1. The van der Waals surface area contributed by atoms with E-state index in [1.807, 2.05) is 4.90 Å². The largest absolute Gasteiger partial charge is 0.427 e. The minimum atomic E-state index is -0.402. The normalized spacial score (nSPS) is 18.5. The number of rotatable bonds is 5. The first-order valence-corrected chi connectivity index (χ1v) is 10.4. The Morgan fingerprint density at radius 1 is 1.07 bits per heavy atom. The fraction of sp³-hybridized carbons (Fsp3) is 0.591. The molecular formula is C22H30N2O4. The summed E-state index contributed by atoms with van der Waals surface area (Å²) in [7, 11) is 0. The molecule has 1 aromatic rings. The van der Waals surface area contributed by atoms with E-state index in [-0.39, 0.29) is 17.7 Å². The topological polar surface area (TPSA) is 75.7 Å². The molecule has 3 rings (SSSR count). The summed E-state index contributed by atoms with van der Waals surface area (Å²) in [5.74, 6) is 0.766. The van der Waals surface area contributed by atoms with Crippen molar-refractivity contribution < 1.29 is 19.1 Å². The number of carbonyl (C=O) groups excluding carboxylic acids is 3. The SMILES string of the molecule is CC(=O)Oc1cccc(C(=O)N2CCC(CNC(=O)C3CCCCC3)CC2)c1. The number of amides is 2. The molecule has 0 unspecified atom stereocenters. The third kappa shape index (κ3) is 5.57. The fourth-order valence-electron chi connectivity index (χ4n) is 4.14. The summed E-state index contributed by atoms with van der Waals surface area (Å²) in [6.07, 6.45) is 7.39. The molecule has 1 saturated heterocycles. The second-order valence-electron chi connectivity index (χ2n) is 7.94. The molecule has 0 aromatic heterocycles. The van der Waals surface area contributed by atoms with Gasteiger partial charge in [-0.25, -0.2) is 0 Å². The Morgan fingerprint density at radius 2 is 1.79 bits per heavy atom. The van der Waals surface area contributed by atoms with E-state index >= 15 is 0 Å². The minimum absolute atomic E-state index is 0.0429. The molecule has 2 amide bonds. The van der Waals surface area contributed by atoms with Crippen LogP contribution in [0, 0.1) is 11.8 Å². The lowest BCUT2D eigenvalue weighted by atomic mass is 9.88. The van der Waals surface area contributed by atoms with Gasteiger partial charge in [0.2, 0.25) is 5.91 Å². The van der Waals surface area contributed by atoms with Crippen molar-refractivity contribution in [3.05, 3.63) is 29.8 Å². The van der Waals surface area contributed by atoms with Crippen LogP contribution in [0.4, 0.5) is 0 Å². The van der Waals surface area contributed by atoms with E-state index in [4.69, 9.17) is 4.74 Å². The van der Waals surface area contributed by atoms with Crippen LogP contribution < -0.4 is 10.1 Å². The highest BCUT2D eigenvalue weighted by Crippen LogP contribution is 2.24. The molecule has 0 atom stereocenters. The van der Waals surface area contributed by atoms with Gasteiger partial charge in [-0.15, -0.1) is 0 Å². The third-order valence-corrected chi connectivity index (χ3v) is 5.79. The van der Waals surface area contributed by atoms with E-state index in [1.54, 1.807) is 24.3 Å². The van der Waals surface area contributed by atoms with Gasteiger partial charge in [0, 0.05) is 38.0 Å². The smallest absolute Gasteiger partial charge is 0.308 e. The summed E-state index contributed by atoms with van der Waals surface area (Å²) in [5.41, 5.74) is 0.530. The number of esters is 1. The summed E-state index contributed by atoms with van der Waals surface area (Å²) in [6.45, 7) is 3.41. The maximum atomic E-state index is 12.7. The average Bonchev–Trinajstić information content (AvgIpc) is 2.72. The van der Waals surface area contributed by atoms with E-state index in [9.17, 15) is 14.4 Å². The second kappa shape index (κ2) is 9.71. The van der Waals surface area contributed by atoms with Crippen LogP contribution in [0.1, 0.15) is 62.2 Å². The Hall–Kier alpha value is -2.37. The van der Waals surface area contributed by atoms with Crippen molar-refractivity contribution in [3.8, 4) is 5.75 Å². The Balaban J connectivity index is 1.45. The molecule has 1 saturated carbocycles. The first-order chi connectivity index (χ1) is 13.5. The lowest BCUT2D eigenvalue weighted by Crippen LogP contribution is -2.42. The number of ether oxygens (including phenoxy) is 1. The highest BCUT2D eigenvalue weighted by molar-refractivity contribution is 5.94. The zero-order valence-corrected chi connectivity index (χ0v) is 16.6. The van der Waals surface area contributed by atoms with Gasteiger partial charge in [-0.2, -0.15) is 0 Å². The van der Waals surface area contributed by atoms with Crippen LogP contribution in [-0.4, -0.2) is 42.3 Å². The average molecular weight is 386 g/mol. The maximum absolute atomic E-state index is 12.7. The molecular weight excluding hydrogens is 356 g/mol. The van der Waals surface area contributed by atoms with Crippen molar-refractivity contribution in [3.63, 3.8) is 0 Å².